The van der Waals surface area contributed by atoms with Crippen molar-refractivity contribution in [2.45, 2.75) is 176 Å². The smallest absolute Gasteiger partial charge is 0.334 e. The molecule has 21 N–H and O–H groups in total. The molecule has 13 rings (SSSR count). The van der Waals surface area contributed by atoms with Crippen LogP contribution in [0.25, 0.3) is 22.3 Å². The maximum Gasteiger partial charge on any atom is 0.334 e. The molecule has 11 unspecified atom stereocenters. The third-order valence-electron chi connectivity index (χ3n) is 21.2. The Hall–Kier alpha value is -11.0. The number of aliphatic carboxylic acids is 2. The number of rotatable bonds is 23. The summed E-state index contributed by atoms with van der Waals surface area (Å²) in [5, 5.41) is 147. The van der Waals surface area contributed by atoms with Crippen LogP contribution < -0.4 is 62.5 Å². The predicted octanol–water partition coefficient (Wildman–Crippen LogP) is 4.36. The van der Waals surface area contributed by atoms with E-state index in [1.807, 2.05) is 38.1 Å². The van der Waals surface area contributed by atoms with Crippen LogP contribution in [0.4, 0.5) is 0 Å². The lowest BCUT2D eigenvalue weighted by atomic mass is 9.84. The van der Waals surface area contributed by atoms with Crippen LogP contribution in [0.15, 0.2) is 127 Å². The van der Waals surface area contributed by atoms with E-state index < -0.39 is 250 Å². The molecule has 2 fully saturated rings. The number of fused-ring (bicyclic) bond motifs is 16. The molecule has 7 aromatic rings. The van der Waals surface area contributed by atoms with Gasteiger partial charge in [-0.15, -0.1) is 0 Å². The first kappa shape index (κ1) is 91.7. The number of amides is 7. The molecule has 6 aliphatic rings. The summed E-state index contributed by atoms with van der Waals surface area (Å²) in [6.45, 7) is 6.39. The molecule has 0 radical (unpaired) electrons. The normalized spacial score (nSPS) is 26.2. The minimum absolute atomic E-state index is 0.00367. The summed E-state index contributed by atoms with van der Waals surface area (Å²) in [5.74, 6) is -15.8. The number of phenolic OH excluding ortho intramolecular Hbond substituents is 3. The number of carbonyl (C=O) groups is 9. The summed E-state index contributed by atoms with van der Waals surface area (Å²) in [7, 11) is 1.48. The Balaban J connectivity index is 1.07. The molecule has 0 aliphatic carbocycles. The number of nitrogens with two attached hydrogens (primary N) is 1. The zero-order valence-electron chi connectivity index (χ0n) is 66.1. The largest absolute Gasteiger partial charge is 0.508 e. The molecule has 122 heavy (non-hydrogen) atoms. The fraction of sp³-hybridized carbons (Fsp3) is 0.386. The van der Waals surface area contributed by atoms with E-state index in [4.69, 9.17) is 73.7 Å². The summed E-state index contributed by atoms with van der Waals surface area (Å²) >= 11 is 20.4. The molecule has 2 saturated heterocycles. The number of aliphatic hydroxyl groups is 6. The first-order chi connectivity index (χ1) is 57.9. The second-order valence-electron chi connectivity index (χ2n) is 30.4. The van der Waals surface area contributed by atoms with Gasteiger partial charge in [0.15, 0.2) is 36.0 Å². The van der Waals surface area contributed by atoms with Gasteiger partial charge in [-0.1, -0.05) is 103 Å². The number of ether oxygens (including phenoxy) is 7. The Bertz CT molecular complexity index is 5060. The van der Waals surface area contributed by atoms with Gasteiger partial charge in [-0.05, 0) is 146 Å². The van der Waals surface area contributed by atoms with Gasteiger partial charge in [-0.25, -0.2) is 9.59 Å². The topological polar surface area (TPSA) is 563 Å². The number of hydrogen-bond acceptors (Lipinski definition) is 27. The average molecular weight is 1750 g/mol. The number of aromatic hydroxyl groups is 3. The van der Waals surface area contributed by atoms with Crippen molar-refractivity contribution in [3.05, 3.63) is 176 Å². The van der Waals surface area contributed by atoms with Crippen LogP contribution in [0.3, 0.4) is 0 Å². The second-order valence-corrected chi connectivity index (χ2v) is 31.7. The number of carbonyl (C=O) groups excluding carboxylic acids is 7. The number of halogens is 3. The van der Waals surface area contributed by atoms with Gasteiger partial charge in [0.25, 0.3) is 0 Å². The minimum atomic E-state index is -2.30. The highest BCUT2D eigenvalue weighted by atomic mass is 35.5. The van der Waals surface area contributed by atoms with Gasteiger partial charge in [0.2, 0.25) is 53.9 Å². The number of carboxylic acid groups (broad SMARTS) is 2. The molecule has 7 amide bonds. The van der Waals surface area contributed by atoms with Crippen molar-refractivity contribution >= 4 is 88.6 Å². The number of benzene rings is 7. The summed E-state index contributed by atoms with van der Waals surface area (Å²) in [4.78, 5) is 127. The molecule has 39 heteroatoms. The highest BCUT2D eigenvalue weighted by Crippen LogP contribution is 2.50. The number of aliphatic hydroxyl groups excluding tert-OH is 6. The summed E-state index contributed by atoms with van der Waals surface area (Å²) in [6.07, 6.45) is -21.3. The molecule has 19 atom stereocenters. The fourth-order valence-electron chi connectivity index (χ4n) is 14.6. The SMILES string of the molecule is CN[C@H](CC(C)C)C(=O)NC1C(=O)N[C@@H](CC(N)=O)C(=O)N[C@H]2C(=O)N[C@@H](C)c3ccc(O)c(c3)-c3c(O)cc(O)cc3[C@H](C(=O)O)NC(=O)[C@@H](NC=O)[C@H](O)c3ccc(c(Cl)c3)Oc3cc2cc(c3OC2OC(CO)C(O)C(O)C2OC2CC(C)(NCC(OCc3ccc(-c4ccc(Cl)cc4)cc3)C(=O)O)C(O)C(C)O2)Oc2ccc(cc2Cl)[C@H]1O. The maximum absolute atomic E-state index is 15.9. The number of nitrogens with one attached hydrogen (secondary N) is 8. The van der Waals surface area contributed by atoms with Crippen LogP contribution in [0.5, 0.6) is 46.0 Å². The highest BCUT2D eigenvalue weighted by Gasteiger charge is 2.52. The van der Waals surface area contributed by atoms with E-state index in [0.29, 0.717) is 10.6 Å². The average Bonchev–Trinajstić information content (AvgIpc) is 0.767. The van der Waals surface area contributed by atoms with E-state index in [1.54, 1.807) is 24.3 Å². The van der Waals surface area contributed by atoms with Crippen LogP contribution in [0.2, 0.25) is 15.1 Å². The van der Waals surface area contributed by atoms with Crippen molar-refractivity contribution < 1.29 is 132 Å². The van der Waals surface area contributed by atoms with E-state index >= 15 is 9.59 Å². The Morgan fingerprint density at radius 1 is 0.689 bits per heavy atom. The molecule has 9 bridgehead atoms. The Labute approximate surface area is 711 Å². The fourth-order valence-corrected chi connectivity index (χ4v) is 15.2. The first-order valence-corrected chi connectivity index (χ1v) is 39.5. The van der Waals surface area contributed by atoms with E-state index in [2.05, 4.69) is 42.5 Å². The second kappa shape index (κ2) is 39.4. The first-order valence-electron chi connectivity index (χ1n) is 38.4. The van der Waals surface area contributed by atoms with Crippen molar-refractivity contribution in [1.29, 1.82) is 0 Å². The third-order valence-corrected chi connectivity index (χ3v) is 22.1. The van der Waals surface area contributed by atoms with Gasteiger partial charge >= 0.3 is 11.9 Å². The van der Waals surface area contributed by atoms with Crippen molar-refractivity contribution in [2.24, 2.45) is 11.7 Å². The molecular formula is C83H92Cl3N9O27. The van der Waals surface area contributed by atoms with Crippen LogP contribution >= 0.6 is 34.8 Å². The van der Waals surface area contributed by atoms with Crippen LogP contribution in [-0.4, -0.2) is 215 Å². The third kappa shape index (κ3) is 21.2. The van der Waals surface area contributed by atoms with E-state index in [1.165, 1.54) is 46.0 Å². The standard InChI is InChI=1S/C83H92Cl3N9O27/c1-35(2)21-51(88-6)75(107)95-67-69(103)43-15-20-56(50(86)24-43)119-58-26-44-25-57(72(58)122-82-73(71(105)70(104)60(32-96)120-82)121-62-30-83(5,74(106)37(4)117-62)90-31-59(80(112)113)116-33-38-7-9-39(10-8-38)40-11-16-45(84)17-12-40)118-55-19-14-42(23-49(55)85)68(102)66(89-34-97)78(110)94-65(81(114)115)48-27-46(98)28-54(100)63(48)47-22-41(13-18-53(47)99)36(3)91-77(109)64(44)93-76(108)52(29-61(87)101)92-79(67)111/h7-20,22-28,34-37,51-52,59-60,62,64-71,73-74,82,88,90,96,98-100,102-106H,21,29-33H2,1-6H3,(H2,87,101)(H,89,97)(H,91,109)(H,92,111)(H,93,108)(H,94,110)(H,95,107)(H,112,113)(H,114,115)/t36-,37?,51+,52-,59?,60?,62?,64+,65+,66-,67?,68+,69+,70?,71?,73?,74?,82?,83?/m0/s1. The summed E-state index contributed by atoms with van der Waals surface area (Å²) in [5.41, 5.74) is 4.17. The van der Waals surface area contributed by atoms with Crippen LogP contribution in [0.1, 0.15) is 118 Å². The van der Waals surface area contributed by atoms with E-state index in [-0.39, 0.29) is 59.2 Å². The lowest BCUT2D eigenvalue weighted by Gasteiger charge is -2.48. The Kier molecular flexibility index (Phi) is 29.6. The number of primary amides is 1. The number of hydrogen-bond donors (Lipinski definition) is 20. The van der Waals surface area contributed by atoms with Gasteiger partial charge in [0.05, 0.1) is 54.0 Å². The lowest BCUT2D eigenvalue weighted by molar-refractivity contribution is -0.334. The maximum atomic E-state index is 15.9. The minimum Gasteiger partial charge on any atom is -0.508 e. The predicted molar refractivity (Wildman–Crippen MR) is 433 cm³/mol. The van der Waals surface area contributed by atoms with Gasteiger partial charge in [-0.3, -0.25) is 33.6 Å². The zero-order valence-corrected chi connectivity index (χ0v) is 68.3. The Morgan fingerprint density at radius 3 is 1.87 bits per heavy atom. The Morgan fingerprint density at radius 2 is 1.30 bits per heavy atom. The quantitative estimate of drug-likeness (QED) is 0.0395. The number of phenols is 3. The van der Waals surface area contributed by atoms with Crippen molar-refractivity contribution in [3.8, 4) is 68.2 Å². The van der Waals surface area contributed by atoms with Gasteiger partial charge in [0.1, 0.15) is 83.4 Å². The van der Waals surface area contributed by atoms with Crippen LogP contribution in [0, 0.1) is 5.92 Å². The summed E-state index contributed by atoms with van der Waals surface area (Å²) in [6, 6.07) is 15.2. The molecule has 7 aromatic carbocycles. The number of carboxylic acids is 2. The molecule has 0 spiro atoms. The highest BCUT2D eigenvalue weighted by molar-refractivity contribution is 6.32. The van der Waals surface area contributed by atoms with E-state index in [9.17, 15) is 89.7 Å². The summed E-state index contributed by atoms with van der Waals surface area (Å²) < 4.78 is 45.2. The molecule has 652 valence electrons. The van der Waals surface area contributed by atoms with Gasteiger partial charge < -0.3 is 138 Å². The molecule has 0 saturated carbocycles. The van der Waals surface area contributed by atoms with Crippen molar-refractivity contribution in [2.75, 3.05) is 20.2 Å². The van der Waals surface area contributed by atoms with Crippen LogP contribution in [-0.2, 0) is 68.7 Å². The molecular weight excluding hydrogens is 1660 g/mol. The monoisotopic (exact) mass is 1750 g/mol. The van der Waals surface area contributed by atoms with E-state index in [0.717, 1.165) is 71.8 Å². The molecule has 36 nitrogen and oxygen atoms in total. The van der Waals surface area contributed by atoms with Gasteiger partial charge in [-0.2, -0.15) is 0 Å². The van der Waals surface area contributed by atoms with Gasteiger partial charge in [0, 0.05) is 46.3 Å². The molecule has 6 heterocycles. The molecule has 6 aliphatic heterocycles. The zero-order chi connectivity index (χ0) is 88.6. The van der Waals surface area contributed by atoms with Crippen molar-refractivity contribution in [3.63, 3.8) is 0 Å². The lowest BCUT2D eigenvalue weighted by Crippen LogP contribution is -2.66. The van der Waals surface area contributed by atoms with Crippen molar-refractivity contribution in [1.82, 2.24) is 42.5 Å². The molecule has 0 aromatic heterocycles. The number of likely N-dealkylation sites (N-methyl/N-ethyl adjacent to an activating group) is 1.